The molecular formula is C21H24O11. The summed E-state index contributed by atoms with van der Waals surface area (Å²) in [4.78, 5) is 12.7. The first-order chi connectivity index (χ1) is 15.1. The van der Waals surface area contributed by atoms with Crippen molar-refractivity contribution in [1.82, 2.24) is 0 Å². The summed E-state index contributed by atoms with van der Waals surface area (Å²) >= 11 is 0. The Morgan fingerprint density at radius 1 is 0.969 bits per heavy atom. The van der Waals surface area contributed by atoms with Crippen LogP contribution in [0, 0.1) is 0 Å². The van der Waals surface area contributed by atoms with Crippen LogP contribution in [0.3, 0.4) is 0 Å². The molecule has 2 aromatic carbocycles. The Hall–Kier alpha value is -2.93. The van der Waals surface area contributed by atoms with E-state index >= 15 is 0 Å². The molecule has 0 unspecified atom stereocenters. The summed E-state index contributed by atoms with van der Waals surface area (Å²) in [5, 5.41) is 79.2. The van der Waals surface area contributed by atoms with Gasteiger partial charge in [0.2, 0.25) is 12.0 Å². The fourth-order valence-electron chi connectivity index (χ4n) is 3.28. The molecule has 0 radical (unpaired) electrons. The largest absolute Gasteiger partial charge is 0.508 e. The molecule has 1 aliphatic heterocycles. The van der Waals surface area contributed by atoms with Crippen LogP contribution in [0.2, 0.25) is 0 Å². The number of phenolic OH excluding ortho intramolecular Hbond substituents is 3. The maximum atomic E-state index is 12.7. The zero-order valence-corrected chi connectivity index (χ0v) is 16.6. The van der Waals surface area contributed by atoms with Gasteiger partial charge in [-0.3, -0.25) is 4.79 Å². The van der Waals surface area contributed by atoms with E-state index in [1.165, 1.54) is 24.3 Å². The van der Waals surface area contributed by atoms with Gasteiger partial charge in [-0.15, -0.1) is 0 Å². The molecule has 1 fully saturated rings. The second-order valence-electron chi connectivity index (χ2n) is 7.38. The molecule has 11 nitrogen and oxygen atoms in total. The number of aliphatic hydroxyl groups is 5. The van der Waals surface area contributed by atoms with Gasteiger partial charge in [-0.05, 0) is 29.8 Å². The number of phenols is 3. The summed E-state index contributed by atoms with van der Waals surface area (Å²) in [5.41, 5.74) is 0.147. The molecule has 3 rings (SSSR count). The van der Waals surface area contributed by atoms with E-state index in [2.05, 4.69) is 0 Å². The number of rotatable bonds is 7. The lowest BCUT2D eigenvalue weighted by molar-refractivity contribution is -0.277. The topological polar surface area (TPSA) is 197 Å². The zero-order chi connectivity index (χ0) is 23.6. The number of carbonyl (C=O) groups excluding carboxylic acids is 1. The Kier molecular flexibility index (Phi) is 7.19. The van der Waals surface area contributed by atoms with Crippen molar-refractivity contribution in [2.75, 3.05) is 6.61 Å². The summed E-state index contributed by atoms with van der Waals surface area (Å²) in [5.74, 6) is -3.03. The van der Waals surface area contributed by atoms with Gasteiger partial charge in [0.25, 0.3) is 0 Å². The van der Waals surface area contributed by atoms with E-state index in [9.17, 15) is 45.6 Å². The van der Waals surface area contributed by atoms with Crippen molar-refractivity contribution in [2.45, 2.75) is 43.2 Å². The molecule has 8 N–H and O–H groups in total. The fraction of sp³-hybridized carbons (Fsp3) is 0.381. The third-order valence-corrected chi connectivity index (χ3v) is 5.13. The summed E-state index contributed by atoms with van der Waals surface area (Å²) in [7, 11) is 0. The minimum Gasteiger partial charge on any atom is -0.508 e. The number of carbonyl (C=O) groups is 1. The summed E-state index contributed by atoms with van der Waals surface area (Å²) < 4.78 is 10.4. The van der Waals surface area contributed by atoms with E-state index in [-0.39, 0.29) is 12.2 Å². The highest BCUT2D eigenvalue weighted by atomic mass is 16.7. The van der Waals surface area contributed by atoms with Crippen LogP contribution < -0.4 is 4.74 Å². The number of benzene rings is 2. The lowest BCUT2D eigenvalue weighted by Crippen LogP contribution is -2.60. The van der Waals surface area contributed by atoms with E-state index in [0.29, 0.717) is 5.56 Å². The number of Topliss-reactive ketones (excluding diaryl/α,β-unsaturated/α-hetero) is 1. The van der Waals surface area contributed by atoms with Gasteiger partial charge in [0.15, 0.2) is 17.3 Å². The second-order valence-corrected chi connectivity index (χ2v) is 7.38. The van der Waals surface area contributed by atoms with Crippen LogP contribution in [0.25, 0.3) is 0 Å². The van der Waals surface area contributed by atoms with Gasteiger partial charge in [-0.2, -0.15) is 0 Å². The quantitative estimate of drug-likeness (QED) is 0.234. The number of aromatic hydroxyl groups is 3. The van der Waals surface area contributed by atoms with Gasteiger partial charge < -0.3 is 50.3 Å². The van der Waals surface area contributed by atoms with Crippen molar-refractivity contribution in [3.8, 4) is 23.0 Å². The SMILES string of the molecule is O=C(c1ccc(O)c(O[C@@H]2O[C@@H](CO)[C@@H](O)[C@@H](O)[C@H]2O)c1O)[C@H](O)Cc1ccc(O)cc1. The van der Waals surface area contributed by atoms with Crippen LogP contribution in [-0.2, 0) is 11.2 Å². The molecule has 1 heterocycles. The van der Waals surface area contributed by atoms with Crippen molar-refractivity contribution in [2.24, 2.45) is 0 Å². The zero-order valence-electron chi connectivity index (χ0n) is 16.6. The highest BCUT2D eigenvalue weighted by Crippen LogP contribution is 2.41. The van der Waals surface area contributed by atoms with Crippen molar-refractivity contribution < 1.29 is 55.1 Å². The van der Waals surface area contributed by atoms with Gasteiger partial charge in [0, 0.05) is 6.42 Å². The van der Waals surface area contributed by atoms with E-state index in [1.807, 2.05) is 0 Å². The van der Waals surface area contributed by atoms with Crippen LogP contribution in [0.5, 0.6) is 23.0 Å². The average molecular weight is 452 g/mol. The van der Waals surface area contributed by atoms with Crippen LogP contribution in [0.15, 0.2) is 36.4 Å². The van der Waals surface area contributed by atoms with E-state index in [4.69, 9.17) is 9.47 Å². The first-order valence-corrected chi connectivity index (χ1v) is 9.66. The third kappa shape index (κ3) is 4.78. The summed E-state index contributed by atoms with van der Waals surface area (Å²) in [6.07, 6.45) is -9.91. The minimum absolute atomic E-state index is 0.0146. The van der Waals surface area contributed by atoms with Gasteiger partial charge in [-0.25, -0.2) is 0 Å². The fourth-order valence-corrected chi connectivity index (χ4v) is 3.28. The number of ketones is 1. The maximum Gasteiger partial charge on any atom is 0.229 e. The molecule has 1 saturated heterocycles. The lowest BCUT2D eigenvalue weighted by Gasteiger charge is -2.39. The standard InChI is InChI=1S/C21H24O11/c22-8-14-17(28)18(29)19(30)21(31-14)32-20-12(24)6-5-11(16(20)27)15(26)13(25)7-9-1-3-10(23)4-2-9/h1-6,13-14,17-19,21-25,27-30H,7-8H2/t13-,14+,17-,18-,19-,21+/m1/s1. The molecule has 174 valence electrons. The molecule has 0 bridgehead atoms. The Labute approximate surface area is 182 Å². The Bertz CT molecular complexity index is 944. The predicted octanol–water partition coefficient (Wildman–Crippen LogP) is -1.23. The van der Waals surface area contributed by atoms with Crippen LogP contribution in [-0.4, -0.2) is 90.1 Å². The maximum absolute atomic E-state index is 12.7. The van der Waals surface area contributed by atoms with E-state index in [1.54, 1.807) is 0 Å². The second kappa shape index (κ2) is 9.69. The number of hydrogen-bond acceptors (Lipinski definition) is 11. The number of aliphatic hydroxyl groups excluding tert-OH is 5. The summed E-state index contributed by atoms with van der Waals surface area (Å²) in [6.45, 7) is -0.718. The minimum atomic E-state index is -1.81. The summed E-state index contributed by atoms with van der Waals surface area (Å²) in [6, 6.07) is 7.87. The van der Waals surface area contributed by atoms with Crippen LogP contribution in [0.4, 0.5) is 0 Å². The Morgan fingerprint density at radius 2 is 1.62 bits per heavy atom. The molecular weight excluding hydrogens is 428 g/mol. The van der Waals surface area contributed by atoms with Gasteiger partial charge in [0.05, 0.1) is 12.2 Å². The van der Waals surface area contributed by atoms with Crippen molar-refractivity contribution in [3.63, 3.8) is 0 Å². The average Bonchev–Trinajstić information content (AvgIpc) is 2.77. The first-order valence-electron chi connectivity index (χ1n) is 9.66. The van der Waals surface area contributed by atoms with Gasteiger partial charge in [0.1, 0.15) is 36.3 Å². The molecule has 11 heteroatoms. The van der Waals surface area contributed by atoms with Crippen molar-refractivity contribution in [1.29, 1.82) is 0 Å². The molecule has 0 amide bonds. The van der Waals surface area contributed by atoms with Crippen LogP contribution in [0.1, 0.15) is 15.9 Å². The molecule has 0 spiro atoms. The molecule has 1 aliphatic rings. The van der Waals surface area contributed by atoms with Crippen LogP contribution >= 0.6 is 0 Å². The molecule has 0 saturated carbocycles. The molecule has 6 atom stereocenters. The van der Waals surface area contributed by atoms with Crippen molar-refractivity contribution in [3.05, 3.63) is 47.5 Å². The Balaban J connectivity index is 1.82. The Morgan fingerprint density at radius 3 is 2.25 bits per heavy atom. The van der Waals surface area contributed by atoms with E-state index < -0.39 is 72.0 Å². The van der Waals surface area contributed by atoms with Gasteiger partial charge in [-0.1, -0.05) is 12.1 Å². The third-order valence-electron chi connectivity index (χ3n) is 5.13. The normalized spacial score (nSPS) is 26.5. The monoisotopic (exact) mass is 452 g/mol. The van der Waals surface area contributed by atoms with E-state index in [0.717, 1.165) is 12.1 Å². The molecule has 32 heavy (non-hydrogen) atoms. The smallest absolute Gasteiger partial charge is 0.229 e. The first kappa shape index (κ1) is 23.7. The number of hydrogen-bond donors (Lipinski definition) is 8. The lowest BCUT2D eigenvalue weighted by atomic mass is 9.98. The molecule has 0 aliphatic carbocycles. The van der Waals surface area contributed by atoms with Gasteiger partial charge >= 0.3 is 0 Å². The number of ether oxygens (including phenoxy) is 2. The highest BCUT2D eigenvalue weighted by Gasteiger charge is 2.45. The predicted molar refractivity (Wildman–Crippen MR) is 106 cm³/mol. The highest BCUT2D eigenvalue weighted by molar-refractivity contribution is 6.02. The molecule has 2 aromatic rings. The van der Waals surface area contributed by atoms with Crippen molar-refractivity contribution >= 4 is 5.78 Å². The molecule has 0 aromatic heterocycles.